The first-order chi connectivity index (χ1) is 9.09. The molecule has 0 fully saturated rings. The number of fused-ring (bicyclic) bond motifs is 1. The van der Waals surface area contributed by atoms with Crippen molar-refractivity contribution in [2.24, 2.45) is 19.8 Å². The quantitative estimate of drug-likeness (QED) is 0.776. The molecule has 5 heteroatoms. The summed E-state index contributed by atoms with van der Waals surface area (Å²) < 4.78 is 3.30. The highest BCUT2D eigenvalue weighted by Crippen LogP contribution is 2.24. The average Bonchev–Trinajstić information content (AvgIpc) is 3.03. The molecule has 0 saturated heterocycles. The van der Waals surface area contributed by atoms with Crippen molar-refractivity contribution in [3.8, 4) is 0 Å². The number of rotatable bonds is 2. The van der Waals surface area contributed by atoms with Gasteiger partial charge in [0.15, 0.2) is 0 Å². The van der Waals surface area contributed by atoms with Crippen molar-refractivity contribution in [1.29, 1.82) is 0 Å². The van der Waals surface area contributed by atoms with Gasteiger partial charge in [-0.05, 0) is 40.1 Å². The first kappa shape index (κ1) is 12.2. The average molecular weight is 273 g/mol. The summed E-state index contributed by atoms with van der Waals surface area (Å²) in [4.78, 5) is 11.9. The van der Waals surface area contributed by atoms with Crippen LogP contribution in [0.2, 0.25) is 0 Å². The van der Waals surface area contributed by atoms with E-state index in [2.05, 4.69) is 5.38 Å². The molecule has 1 atom stereocenters. The molecule has 2 aromatic heterocycles. The van der Waals surface area contributed by atoms with Crippen LogP contribution in [0.1, 0.15) is 17.2 Å². The van der Waals surface area contributed by atoms with Crippen LogP contribution >= 0.6 is 11.3 Å². The Bertz CT molecular complexity index is 783. The van der Waals surface area contributed by atoms with Crippen LogP contribution in [0.15, 0.2) is 39.8 Å². The minimum atomic E-state index is -0.147. The first-order valence-electron chi connectivity index (χ1n) is 6.02. The van der Waals surface area contributed by atoms with Crippen molar-refractivity contribution >= 4 is 22.4 Å². The van der Waals surface area contributed by atoms with Crippen molar-refractivity contribution < 1.29 is 0 Å². The zero-order valence-corrected chi connectivity index (χ0v) is 11.6. The van der Waals surface area contributed by atoms with Crippen LogP contribution in [0.5, 0.6) is 0 Å². The van der Waals surface area contributed by atoms with Gasteiger partial charge < -0.3 is 5.73 Å². The number of hydrogen-bond donors (Lipinski definition) is 1. The van der Waals surface area contributed by atoms with E-state index in [-0.39, 0.29) is 11.7 Å². The fourth-order valence-corrected chi connectivity index (χ4v) is 3.06. The molecule has 3 rings (SSSR count). The first-order valence-corrected chi connectivity index (χ1v) is 6.97. The van der Waals surface area contributed by atoms with Gasteiger partial charge in [-0.15, -0.1) is 0 Å². The van der Waals surface area contributed by atoms with Crippen LogP contribution in [0.25, 0.3) is 11.0 Å². The molecule has 0 spiro atoms. The van der Waals surface area contributed by atoms with Gasteiger partial charge in [-0.3, -0.25) is 9.13 Å². The van der Waals surface area contributed by atoms with E-state index >= 15 is 0 Å². The van der Waals surface area contributed by atoms with E-state index in [1.54, 1.807) is 34.6 Å². The van der Waals surface area contributed by atoms with Crippen LogP contribution in [-0.2, 0) is 14.1 Å². The summed E-state index contributed by atoms with van der Waals surface area (Å²) in [6.07, 6.45) is 0. The number of nitrogens with two attached hydrogens (primary N) is 1. The zero-order chi connectivity index (χ0) is 13.6. The Hall–Kier alpha value is -1.85. The molecule has 0 aliphatic rings. The van der Waals surface area contributed by atoms with E-state index in [0.717, 1.165) is 22.2 Å². The van der Waals surface area contributed by atoms with Gasteiger partial charge in [0.2, 0.25) is 0 Å². The minimum absolute atomic E-state index is 0.0174. The Balaban J connectivity index is 2.17. The molecule has 1 aromatic carbocycles. The lowest BCUT2D eigenvalue weighted by Crippen LogP contribution is -2.19. The highest BCUT2D eigenvalue weighted by Gasteiger charge is 2.13. The number of aryl methyl sites for hydroxylation is 2. The van der Waals surface area contributed by atoms with Crippen molar-refractivity contribution in [2.45, 2.75) is 6.04 Å². The van der Waals surface area contributed by atoms with Crippen molar-refractivity contribution in [3.05, 3.63) is 56.6 Å². The van der Waals surface area contributed by atoms with Gasteiger partial charge >= 0.3 is 5.69 Å². The summed E-state index contributed by atoms with van der Waals surface area (Å²) in [6, 6.07) is 7.83. The maximum atomic E-state index is 11.9. The van der Waals surface area contributed by atoms with Crippen LogP contribution in [-0.4, -0.2) is 9.13 Å². The molecule has 0 bridgehead atoms. The van der Waals surface area contributed by atoms with Crippen molar-refractivity contribution in [1.82, 2.24) is 9.13 Å². The number of hydrogen-bond acceptors (Lipinski definition) is 3. The zero-order valence-electron chi connectivity index (χ0n) is 10.8. The van der Waals surface area contributed by atoms with Gasteiger partial charge in [-0.25, -0.2) is 4.79 Å². The van der Waals surface area contributed by atoms with Crippen molar-refractivity contribution in [3.63, 3.8) is 0 Å². The molecular weight excluding hydrogens is 258 g/mol. The Morgan fingerprint density at radius 2 is 1.84 bits per heavy atom. The van der Waals surface area contributed by atoms with E-state index in [1.165, 1.54) is 0 Å². The lowest BCUT2D eigenvalue weighted by molar-refractivity contribution is 0.795. The molecule has 98 valence electrons. The van der Waals surface area contributed by atoms with E-state index in [9.17, 15) is 4.79 Å². The third-order valence-corrected chi connectivity index (χ3v) is 4.26. The maximum absolute atomic E-state index is 11.9. The molecule has 2 heterocycles. The number of nitrogens with zero attached hydrogens (tertiary/aromatic N) is 2. The van der Waals surface area contributed by atoms with Gasteiger partial charge in [-0.2, -0.15) is 11.3 Å². The molecule has 0 radical (unpaired) electrons. The van der Waals surface area contributed by atoms with E-state index in [0.29, 0.717) is 0 Å². The molecule has 1 unspecified atom stereocenters. The minimum Gasteiger partial charge on any atom is -0.320 e. The van der Waals surface area contributed by atoms with Gasteiger partial charge in [0.1, 0.15) is 0 Å². The van der Waals surface area contributed by atoms with Crippen molar-refractivity contribution in [2.75, 3.05) is 0 Å². The maximum Gasteiger partial charge on any atom is 0.328 e. The SMILES string of the molecule is Cn1c(=O)n(C)c2cc(C(N)c3ccsc3)ccc21. The number of aromatic nitrogens is 2. The Morgan fingerprint density at radius 1 is 1.11 bits per heavy atom. The largest absolute Gasteiger partial charge is 0.328 e. The summed E-state index contributed by atoms with van der Waals surface area (Å²) in [5, 5.41) is 4.07. The Kier molecular flexibility index (Phi) is 2.80. The standard InChI is InChI=1S/C14H15N3OS/c1-16-11-4-3-9(7-12(11)17(2)14(16)18)13(15)10-5-6-19-8-10/h3-8,13H,15H2,1-2H3. The second kappa shape index (κ2) is 4.36. The van der Waals surface area contributed by atoms with Gasteiger partial charge in [0.25, 0.3) is 0 Å². The number of thiophene rings is 1. The van der Waals surface area contributed by atoms with Gasteiger partial charge in [0.05, 0.1) is 17.1 Å². The second-order valence-corrected chi connectivity index (χ2v) is 5.46. The van der Waals surface area contributed by atoms with E-state index in [1.807, 2.05) is 29.6 Å². The predicted octanol–water partition coefficient (Wildman–Crippen LogP) is 1.99. The molecule has 0 amide bonds. The lowest BCUT2D eigenvalue weighted by Gasteiger charge is -2.10. The number of imidazole rings is 1. The van der Waals surface area contributed by atoms with Gasteiger partial charge in [0, 0.05) is 14.1 Å². The van der Waals surface area contributed by atoms with Gasteiger partial charge in [-0.1, -0.05) is 6.07 Å². The molecular formula is C14H15N3OS. The van der Waals surface area contributed by atoms with E-state index < -0.39 is 0 Å². The second-order valence-electron chi connectivity index (χ2n) is 4.68. The van der Waals surface area contributed by atoms with Crippen LogP contribution in [0, 0.1) is 0 Å². The molecule has 0 aliphatic carbocycles. The third-order valence-electron chi connectivity index (χ3n) is 3.56. The normalized spacial score (nSPS) is 13.0. The smallest absolute Gasteiger partial charge is 0.320 e. The van der Waals surface area contributed by atoms with E-state index in [4.69, 9.17) is 5.73 Å². The third kappa shape index (κ3) is 1.82. The molecule has 4 nitrogen and oxygen atoms in total. The highest BCUT2D eigenvalue weighted by atomic mass is 32.1. The summed E-state index contributed by atoms with van der Waals surface area (Å²) >= 11 is 1.64. The summed E-state index contributed by atoms with van der Waals surface area (Å²) in [7, 11) is 3.56. The molecule has 2 N–H and O–H groups in total. The summed E-state index contributed by atoms with van der Waals surface area (Å²) in [5.41, 5.74) is 10.2. The molecule has 3 aromatic rings. The van der Waals surface area contributed by atoms with Crippen LogP contribution in [0.4, 0.5) is 0 Å². The summed E-state index contributed by atoms with van der Waals surface area (Å²) in [6.45, 7) is 0. The lowest BCUT2D eigenvalue weighted by atomic mass is 10.0. The fraction of sp³-hybridized carbons (Fsp3) is 0.214. The summed E-state index contributed by atoms with van der Waals surface area (Å²) in [5.74, 6) is 0. The molecule has 19 heavy (non-hydrogen) atoms. The van der Waals surface area contributed by atoms with Crippen LogP contribution in [0.3, 0.4) is 0 Å². The topological polar surface area (TPSA) is 53.0 Å². The monoisotopic (exact) mass is 273 g/mol. The fourth-order valence-electron chi connectivity index (χ4n) is 2.36. The Labute approximate surface area is 114 Å². The highest BCUT2D eigenvalue weighted by molar-refractivity contribution is 7.08. The van der Waals surface area contributed by atoms with Crippen LogP contribution < -0.4 is 11.4 Å². The predicted molar refractivity (Wildman–Crippen MR) is 78.5 cm³/mol. The molecule has 0 aliphatic heterocycles. The number of benzene rings is 1. The molecule has 0 saturated carbocycles. The Morgan fingerprint density at radius 3 is 2.53 bits per heavy atom.